The molecule has 5 heteroatoms. The third-order valence-corrected chi connectivity index (χ3v) is 6.79. The number of carbonyl (C=O) groups is 1. The molecule has 2 N–H and O–H groups in total. The molecule has 0 saturated heterocycles. The minimum absolute atomic E-state index is 0.00828. The molecule has 0 spiro atoms. The Kier molecular flexibility index (Phi) is 3.47. The Morgan fingerprint density at radius 3 is 2.56 bits per heavy atom. The van der Waals surface area contributed by atoms with Gasteiger partial charge in [0.15, 0.2) is 6.61 Å². The highest BCUT2D eigenvalue weighted by Crippen LogP contribution is 2.55. The van der Waals surface area contributed by atoms with Crippen molar-refractivity contribution < 1.29 is 9.53 Å². The van der Waals surface area contributed by atoms with Gasteiger partial charge in [-0.05, 0) is 75.5 Å². The monoisotopic (exact) mass is 341 g/mol. The molecule has 0 aromatic carbocycles. The molecule has 4 bridgehead atoms. The van der Waals surface area contributed by atoms with Gasteiger partial charge in [0.1, 0.15) is 5.82 Å². The molecular formula is C20H27N3O2. The van der Waals surface area contributed by atoms with Crippen LogP contribution in [0.1, 0.15) is 57.8 Å². The van der Waals surface area contributed by atoms with Crippen molar-refractivity contribution in [2.45, 2.75) is 63.3 Å². The van der Waals surface area contributed by atoms with Crippen LogP contribution in [0.2, 0.25) is 0 Å². The van der Waals surface area contributed by atoms with Gasteiger partial charge in [-0.2, -0.15) is 4.99 Å². The molecule has 4 saturated carbocycles. The predicted octanol–water partition coefficient (Wildman–Crippen LogP) is 3.00. The topological polar surface area (TPSA) is 62.7 Å². The molecule has 5 aliphatic carbocycles. The number of hydrogen-bond donors (Lipinski definition) is 2. The average Bonchev–Trinajstić information content (AvgIpc) is 2.99. The standard InChI is InChI=1S/C20H27N3O2/c1-12-21-17-4-2-3-16(17)19(22-12)25-11-18(24)23-20-8-13-5-14(9-20)7-15(6-13)10-20/h13-15,21H,1-11H2,(H,23,24). The van der Waals surface area contributed by atoms with Crippen LogP contribution in [0.3, 0.4) is 0 Å². The van der Waals surface area contributed by atoms with E-state index in [2.05, 4.69) is 22.2 Å². The van der Waals surface area contributed by atoms with Crippen LogP contribution in [-0.4, -0.2) is 24.0 Å². The Morgan fingerprint density at radius 1 is 1.20 bits per heavy atom. The van der Waals surface area contributed by atoms with E-state index in [1.165, 1.54) is 38.5 Å². The molecule has 5 nitrogen and oxygen atoms in total. The number of aliphatic imine (C=N–C) groups is 1. The molecule has 1 heterocycles. The maximum Gasteiger partial charge on any atom is 0.258 e. The Bertz CT molecular complexity index is 656. The van der Waals surface area contributed by atoms with E-state index in [0.29, 0.717) is 11.7 Å². The van der Waals surface area contributed by atoms with Gasteiger partial charge < -0.3 is 15.4 Å². The van der Waals surface area contributed by atoms with Crippen LogP contribution < -0.4 is 10.6 Å². The lowest BCUT2D eigenvalue weighted by molar-refractivity contribution is -0.129. The zero-order valence-electron chi connectivity index (χ0n) is 14.8. The largest absolute Gasteiger partial charge is 0.467 e. The number of rotatable bonds is 3. The number of amides is 1. The van der Waals surface area contributed by atoms with Crippen molar-refractivity contribution in [3.05, 3.63) is 23.7 Å². The molecular weight excluding hydrogens is 314 g/mol. The van der Waals surface area contributed by atoms with Gasteiger partial charge in [-0.1, -0.05) is 6.58 Å². The molecule has 0 atom stereocenters. The second kappa shape index (κ2) is 5.61. The molecule has 4 fully saturated rings. The summed E-state index contributed by atoms with van der Waals surface area (Å²) in [5, 5.41) is 6.58. The van der Waals surface area contributed by atoms with Crippen LogP contribution in [0.4, 0.5) is 0 Å². The first-order valence-electron chi connectivity index (χ1n) is 9.79. The first-order valence-corrected chi connectivity index (χ1v) is 9.79. The third kappa shape index (κ3) is 2.77. The van der Waals surface area contributed by atoms with Crippen LogP contribution >= 0.6 is 0 Å². The number of nitrogens with one attached hydrogen (secondary N) is 2. The summed E-state index contributed by atoms with van der Waals surface area (Å²) in [4.78, 5) is 17.0. The summed E-state index contributed by atoms with van der Waals surface area (Å²) in [5.74, 6) is 3.70. The highest BCUT2D eigenvalue weighted by molar-refractivity contribution is 5.97. The van der Waals surface area contributed by atoms with E-state index < -0.39 is 0 Å². The van der Waals surface area contributed by atoms with E-state index in [0.717, 1.165) is 48.3 Å². The van der Waals surface area contributed by atoms with Crippen molar-refractivity contribution in [2.75, 3.05) is 6.61 Å². The fourth-order valence-corrected chi connectivity index (χ4v) is 6.36. The van der Waals surface area contributed by atoms with Crippen LogP contribution in [0.15, 0.2) is 28.7 Å². The Morgan fingerprint density at radius 2 is 1.88 bits per heavy atom. The highest BCUT2D eigenvalue weighted by Gasteiger charge is 2.51. The first kappa shape index (κ1) is 15.5. The zero-order valence-corrected chi connectivity index (χ0v) is 14.8. The van der Waals surface area contributed by atoms with Crippen molar-refractivity contribution in [1.82, 2.24) is 10.6 Å². The molecule has 1 aliphatic heterocycles. The lowest BCUT2D eigenvalue weighted by atomic mass is 9.53. The second-order valence-electron chi connectivity index (χ2n) is 8.83. The molecule has 6 rings (SSSR count). The van der Waals surface area contributed by atoms with Crippen molar-refractivity contribution in [3.63, 3.8) is 0 Å². The third-order valence-electron chi connectivity index (χ3n) is 6.79. The highest BCUT2D eigenvalue weighted by atomic mass is 16.5. The fraction of sp³-hybridized carbons (Fsp3) is 0.700. The van der Waals surface area contributed by atoms with Gasteiger partial charge in [-0.25, -0.2) is 0 Å². The van der Waals surface area contributed by atoms with Gasteiger partial charge in [-0.3, -0.25) is 4.79 Å². The Balaban J connectivity index is 1.22. The van der Waals surface area contributed by atoms with E-state index in [1.807, 2.05) is 0 Å². The number of allylic oxidation sites excluding steroid dienone is 1. The quantitative estimate of drug-likeness (QED) is 0.829. The zero-order chi connectivity index (χ0) is 17.0. The maximum atomic E-state index is 12.6. The van der Waals surface area contributed by atoms with E-state index >= 15 is 0 Å². The molecule has 1 amide bonds. The van der Waals surface area contributed by atoms with Crippen molar-refractivity contribution in [1.29, 1.82) is 0 Å². The lowest BCUT2D eigenvalue weighted by Gasteiger charge is -2.56. The van der Waals surface area contributed by atoms with Crippen molar-refractivity contribution >= 4 is 11.8 Å². The normalized spacial score (nSPS) is 38.3. The smallest absolute Gasteiger partial charge is 0.258 e. The molecule has 0 radical (unpaired) electrons. The van der Waals surface area contributed by atoms with Gasteiger partial charge >= 0.3 is 0 Å². The van der Waals surface area contributed by atoms with Crippen LogP contribution in [-0.2, 0) is 9.53 Å². The van der Waals surface area contributed by atoms with E-state index in [1.54, 1.807) is 0 Å². The molecule has 134 valence electrons. The predicted molar refractivity (Wildman–Crippen MR) is 95.6 cm³/mol. The van der Waals surface area contributed by atoms with Gasteiger partial charge in [0.2, 0.25) is 5.90 Å². The van der Waals surface area contributed by atoms with Crippen LogP contribution in [0.5, 0.6) is 0 Å². The van der Waals surface area contributed by atoms with E-state index in [4.69, 9.17) is 4.74 Å². The van der Waals surface area contributed by atoms with Crippen molar-refractivity contribution in [3.8, 4) is 0 Å². The average molecular weight is 341 g/mol. The summed E-state index contributed by atoms with van der Waals surface area (Å²) in [5.41, 5.74) is 2.33. The van der Waals surface area contributed by atoms with Crippen LogP contribution in [0, 0.1) is 17.8 Å². The fourth-order valence-electron chi connectivity index (χ4n) is 6.36. The second-order valence-corrected chi connectivity index (χ2v) is 8.83. The van der Waals surface area contributed by atoms with Gasteiger partial charge in [0.05, 0.1) is 0 Å². The maximum absolute atomic E-state index is 12.6. The molecule has 25 heavy (non-hydrogen) atoms. The Labute approximate surface area is 149 Å². The SMILES string of the molecule is C=C1N=C(OCC(=O)NC23CC4CC(CC(C4)C2)C3)C2=C(CCC2)N1. The van der Waals surface area contributed by atoms with Gasteiger partial charge in [0.25, 0.3) is 5.91 Å². The number of ether oxygens (including phenoxy) is 1. The van der Waals surface area contributed by atoms with E-state index in [-0.39, 0.29) is 18.1 Å². The summed E-state index contributed by atoms with van der Waals surface area (Å²) in [7, 11) is 0. The lowest BCUT2D eigenvalue weighted by Crippen LogP contribution is -2.60. The van der Waals surface area contributed by atoms with E-state index in [9.17, 15) is 4.79 Å². The number of nitrogens with zero attached hydrogens (tertiary/aromatic N) is 1. The Hall–Kier alpha value is -1.78. The number of carbonyl (C=O) groups excluding carboxylic acids is 1. The molecule has 0 unspecified atom stereocenters. The summed E-state index contributed by atoms with van der Waals surface area (Å²) in [6.07, 6.45) is 10.7. The van der Waals surface area contributed by atoms with Gasteiger partial charge in [0, 0.05) is 16.8 Å². The summed E-state index contributed by atoms with van der Waals surface area (Å²) in [6.45, 7) is 3.95. The molecule has 0 aromatic heterocycles. The summed E-state index contributed by atoms with van der Waals surface area (Å²) < 4.78 is 5.82. The summed E-state index contributed by atoms with van der Waals surface area (Å²) >= 11 is 0. The molecule has 0 aromatic rings. The van der Waals surface area contributed by atoms with Gasteiger partial charge in [-0.15, -0.1) is 0 Å². The number of hydrogen-bond acceptors (Lipinski definition) is 4. The first-order chi connectivity index (χ1) is 12.1. The minimum atomic E-state index is 0.00828. The molecule has 6 aliphatic rings. The van der Waals surface area contributed by atoms with Crippen molar-refractivity contribution in [2.24, 2.45) is 22.7 Å². The van der Waals surface area contributed by atoms with Crippen LogP contribution in [0.25, 0.3) is 0 Å². The minimum Gasteiger partial charge on any atom is -0.467 e. The summed E-state index contributed by atoms with van der Waals surface area (Å²) in [6, 6.07) is 0.